The number of hydrogen-bond donors (Lipinski definition) is 0. The highest BCUT2D eigenvalue weighted by Crippen LogP contribution is 2.15. The summed E-state index contributed by atoms with van der Waals surface area (Å²) in [4.78, 5) is 4.03. The Morgan fingerprint density at radius 1 is 1.45 bits per heavy atom. The summed E-state index contributed by atoms with van der Waals surface area (Å²) in [6, 6.07) is 0.131. The Bertz CT molecular complexity index is 127. The first kappa shape index (κ1) is 8.94. The molecule has 11 heavy (non-hydrogen) atoms. The van der Waals surface area contributed by atoms with Crippen LogP contribution in [0.5, 0.6) is 0 Å². The van der Waals surface area contributed by atoms with Gasteiger partial charge < -0.3 is 9.80 Å². The molecular formula is C8H17FN2. The lowest BCUT2D eigenvalue weighted by Gasteiger charge is -2.35. The Morgan fingerprint density at radius 3 is 2.55 bits per heavy atom. The first-order valence-electron chi connectivity index (χ1n) is 4.10. The molecule has 0 aliphatic carbocycles. The topological polar surface area (TPSA) is 6.48 Å². The van der Waals surface area contributed by atoms with E-state index in [1.165, 1.54) is 0 Å². The average molecular weight is 160 g/mol. The van der Waals surface area contributed by atoms with Gasteiger partial charge in [0.15, 0.2) is 0 Å². The summed E-state index contributed by atoms with van der Waals surface area (Å²) >= 11 is 0. The van der Waals surface area contributed by atoms with Crippen LogP contribution in [-0.4, -0.2) is 56.2 Å². The fourth-order valence-corrected chi connectivity index (χ4v) is 1.63. The Balaban J connectivity index is 2.44. The quantitative estimate of drug-likeness (QED) is 0.554. The second-order valence-corrected chi connectivity index (χ2v) is 3.60. The van der Waals surface area contributed by atoms with Crippen LogP contribution in [0, 0.1) is 0 Å². The third-order valence-corrected chi connectivity index (χ3v) is 2.37. The van der Waals surface area contributed by atoms with Gasteiger partial charge in [-0.2, -0.15) is 0 Å². The largest absolute Gasteiger partial charge is 0.303 e. The Kier molecular flexibility index (Phi) is 2.84. The number of likely N-dealkylation sites (tertiary alicyclic amines) is 1. The van der Waals surface area contributed by atoms with E-state index in [9.17, 15) is 4.39 Å². The summed E-state index contributed by atoms with van der Waals surface area (Å²) < 4.78 is 13.3. The summed E-state index contributed by atoms with van der Waals surface area (Å²) in [6.45, 7) is 1.60. The molecule has 2 atom stereocenters. The zero-order chi connectivity index (χ0) is 8.43. The minimum absolute atomic E-state index is 0.131. The van der Waals surface area contributed by atoms with Gasteiger partial charge in [0.1, 0.15) is 6.17 Å². The monoisotopic (exact) mass is 160 g/mol. The number of piperidine rings is 1. The van der Waals surface area contributed by atoms with Crippen molar-refractivity contribution in [2.24, 2.45) is 0 Å². The van der Waals surface area contributed by atoms with Crippen LogP contribution < -0.4 is 0 Å². The standard InChI is InChI=1S/C8H17FN2/c1-10(2)8-4-5-11(3)6-7(8)9/h7-8H,4-6H2,1-3H3/t7-,8?/m0/s1. The van der Waals surface area contributed by atoms with Gasteiger partial charge in [0.05, 0.1) is 0 Å². The fourth-order valence-electron chi connectivity index (χ4n) is 1.63. The number of alkyl halides is 1. The molecule has 0 N–H and O–H groups in total. The summed E-state index contributed by atoms with van der Waals surface area (Å²) in [5.41, 5.74) is 0. The van der Waals surface area contributed by atoms with Crippen LogP contribution in [0.3, 0.4) is 0 Å². The van der Waals surface area contributed by atoms with Crippen molar-refractivity contribution in [2.75, 3.05) is 34.2 Å². The molecule has 1 saturated heterocycles. The van der Waals surface area contributed by atoms with Crippen LogP contribution in [-0.2, 0) is 0 Å². The van der Waals surface area contributed by atoms with Crippen LogP contribution in [0.2, 0.25) is 0 Å². The van der Waals surface area contributed by atoms with Crippen molar-refractivity contribution >= 4 is 0 Å². The van der Waals surface area contributed by atoms with E-state index >= 15 is 0 Å². The molecule has 0 aromatic carbocycles. The number of hydrogen-bond acceptors (Lipinski definition) is 2. The van der Waals surface area contributed by atoms with Gasteiger partial charge in [-0.3, -0.25) is 0 Å². The molecule has 0 saturated carbocycles. The molecule has 2 nitrogen and oxygen atoms in total. The Hall–Kier alpha value is -0.150. The highest BCUT2D eigenvalue weighted by atomic mass is 19.1. The molecule has 1 aliphatic rings. The lowest BCUT2D eigenvalue weighted by molar-refractivity contribution is 0.0709. The predicted octanol–water partition coefficient (Wildman–Crippen LogP) is 0.590. The first-order chi connectivity index (χ1) is 5.11. The maximum Gasteiger partial charge on any atom is 0.128 e. The van der Waals surface area contributed by atoms with Crippen LogP contribution in [0.25, 0.3) is 0 Å². The fraction of sp³-hybridized carbons (Fsp3) is 1.00. The molecule has 0 amide bonds. The maximum atomic E-state index is 13.3. The zero-order valence-electron chi connectivity index (χ0n) is 7.55. The van der Waals surface area contributed by atoms with Gasteiger partial charge in [-0.1, -0.05) is 0 Å². The molecule has 3 heteroatoms. The molecule has 66 valence electrons. The Labute approximate surface area is 68.0 Å². The molecule has 0 aromatic rings. The van der Waals surface area contributed by atoms with Gasteiger partial charge >= 0.3 is 0 Å². The van der Waals surface area contributed by atoms with Crippen LogP contribution in [0.1, 0.15) is 6.42 Å². The number of rotatable bonds is 1. The van der Waals surface area contributed by atoms with Crippen molar-refractivity contribution in [2.45, 2.75) is 18.6 Å². The van der Waals surface area contributed by atoms with Crippen LogP contribution >= 0.6 is 0 Å². The normalized spacial score (nSPS) is 34.6. The van der Waals surface area contributed by atoms with E-state index in [1.54, 1.807) is 0 Å². The van der Waals surface area contributed by atoms with E-state index in [0.717, 1.165) is 13.0 Å². The van der Waals surface area contributed by atoms with Crippen molar-refractivity contribution in [3.05, 3.63) is 0 Å². The Morgan fingerprint density at radius 2 is 2.09 bits per heavy atom. The summed E-state index contributed by atoms with van der Waals surface area (Å²) in [6.07, 6.45) is 0.272. The second-order valence-electron chi connectivity index (χ2n) is 3.60. The van der Waals surface area contributed by atoms with Gasteiger partial charge in [-0.05, 0) is 34.1 Å². The molecule has 0 spiro atoms. The van der Waals surface area contributed by atoms with Crippen LogP contribution in [0.4, 0.5) is 4.39 Å². The molecule has 1 fully saturated rings. The van der Waals surface area contributed by atoms with Crippen LogP contribution in [0.15, 0.2) is 0 Å². The minimum atomic E-state index is -0.677. The van der Waals surface area contributed by atoms with Gasteiger partial charge in [-0.25, -0.2) is 4.39 Å². The van der Waals surface area contributed by atoms with Crippen molar-refractivity contribution < 1.29 is 4.39 Å². The first-order valence-corrected chi connectivity index (χ1v) is 4.10. The summed E-state index contributed by atoms with van der Waals surface area (Å²) in [5.74, 6) is 0. The van der Waals surface area contributed by atoms with Crippen molar-refractivity contribution in [1.29, 1.82) is 0 Å². The zero-order valence-corrected chi connectivity index (χ0v) is 7.55. The van der Waals surface area contributed by atoms with Gasteiger partial charge in [0.25, 0.3) is 0 Å². The van der Waals surface area contributed by atoms with E-state index in [-0.39, 0.29) is 6.04 Å². The molecule has 1 unspecified atom stereocenters. The maximum absolute atomic E-state index is 13.3. The lowest BCUT2D eigenvalue weighted by atomic mass is 10.0. The number of nitrogens with zero attached hydrogens (tertiary/aromatic N) is 2. The molecule has 1 heterocycles. The highest BCUT2D eigenvalue weighted by molar-refractivity contribution is 4.83. The summed E-state index contributed by atoms with van der Waals surface area (Å²) in [7, 11) is 5.86. The smallest absolute Gasteiger partial charge is 0.128 e. The van der Waals surface area contributed by atoms with E-state index in [4.69, 9.17) is 0 Å². The minimum Gasteiger partial charge on any atom is -0.303 e. The second kappa shape index (κ2) is 3.50. The van der Waals surface area contributed by atoms with Crippen molar-refractivity contribution in [3.63, 3.8) is 0 Å². The highest BCUT2D eigenvalue weighted by Gasteiger charge is 2.28. The summed E-state index contributed by atoms with van der Waals surface area (Å²) in [5, 5.41) is 0. The third kappa shape index (κ3) is 2.14. The molecule has 1 rings (SSSR count). The van der Waals surface area contributed by atoms with E-state index in [0.29, 0.717) is 6.54 Å². The van der Waals surface area contributed by atoms with Gasteiger partial charge in [0, 0.05) is 12.6 Å². The molecule has 0 bridgehead atoms. The van der Waals surface area contributed by atoms with Gasteiger partial charge in [-0.15, -0.1) is 0 Å². The number of halogens is 1. The van der Waals surface area contributed by atoms with Gasteiger partial charge in [0.2, 0.25) is 0 Å². The SMILES string of the molecule is CN1CCC(N(C)C)[C@@H](F)C1. The molecule has 1 aliphatic heterocycles. The van der Waals surface area contributed by atoms with Crippen molar-refractivity contribution in [3.8, 4) is 0 Å². The molecule has 0 aromatic heterocycles. The average Bonchev–Trinajstić information content (AvgIpc) is 1.85. The molecule has 0 radical (unpaired) electrons. The van der Waals surface area contributed by atoms with E-state index in [1.807, 2.05) is 30.9 Å². The van der Waals surface area contributed by atoms with E-state index in [2.05, 4.69) is 0 Å². The molecular weight excluding hydrogens is 143 g/mol. The lowest BCUT2D eigenvalue weighted by Crippen LogP contribution is -2.48. The van der Waals surface area contributed by atoms with E-state index < -0.39 is 6.17 Å². The third-order valence-electron chi connectivity index (χ3n) is 2.37. The van der Waals surface area contributed by atoms with Crippen molar-refractivity contribution in [1.82, 2.24) is 9.80 Å². The predicted molar refractivity (Wildman–Crippen MR) is 44.5 cm³/mol.